The van der Waals surface area contributed by atoms with E-state index in [-0.39, 0.29) is 13.2 Å². The molecule has 0 saturated carbocycles. The molecule has 1 aromatic rings. The molecule has 1 aliphatic heterocycles. The van der Waals surface area contributed by atoms with Gasteiger partial charge < -0.3 is 9.64 Å². The molecular weight excluding hydrogens is 318 g/mol. The number of ether oxygens (including phenoxy) is 1. The Labute approximate surface area is 130 Å². The highest BCUT2D eigenvalue weighted by Crippen LogP contribution is 2.31. The first-order valence-corrected chi connectivity index (χ1v) is 7.10. The highest BCUT2D eigenvalue weighted by Gasteiger charge is 2.38. The number of hydrogen-bond donors (Lipinski definition) is 0. The van der Waals surface area contributed by atoms with Crippen LogP contribution in [-0.2, 0) is 15.7 Å². The van der Waals surface area contributed by atoms with Gasteiger partial charge >= 0.3 is 12.1 Å². The van der Waals surface area contributed by atoms with Crippen molar-refractivity contribution in [3.63, 3.8) is 0 Å². The van der Waals surface area contributed by atoms with Gasteiger partial charge in [0.2, 0.25) is 0 Å². The lowest BCUT2D eigenvalue weighted by Crippen LogP contribution is -2.41. The van der Waals surface area contributed by atoms with Crippen LogP contribution in [-0.4, -0.2) is 36.0 Å². The summed E-state index contributed by atoms with van der Waals surface area (Å²) in [5, 5.41) is 0. The van der Waals surface area contributed by atoms with E-state index in [1.165, 1.54) is 0 Å². The van der Waals surface area contributed by atoms with Gasteiger partial charge in [-0.15, -0.1) is 0 Å². The molecule has 1 saturated heterocycles. The number of likely N-dealkylation sites (tertiary alicyclic amines) is 1. The molecule has 1 aromatic carbocycles. The molecule has 0 N–H and O–H groups in total. The van der Waals surface area contributed by atoms with Crippen molar-refractivity contribution < 1.29 is 31.9 Å². The van der Waals surface area contributed by atoms with Gasteiger partial charge in [0.25, 0.3) is 5.91 Å². The normalized spacial score (nSPS) is 18.1. The lowest BCUT2D eigenvalue weighted by molar-refractivity contribution is -0.147. The predicted octanol–water partition coefficient (Wildman–Crippen LogP) is 3.01. The fourth-order valence-electron chi connectivity index (χ4n) is 2.51. The Hall–Kier alpha value is -2.12. The first kappa shape index (κ1) is 17.2. The topological polar surface area (TPSA) is 46.6 Å². The minimum atomic E-state index is -4.69. The molecule has 1 amide bonds. The molecule has 23 heavy (non-hydrogen) atoms. The van der Waals surface area contributed by atoms with Crippen LogP contribution in [0.1, 0.15) is 35.7 Å². The van der Waals surface area contributed by atoms with Gasteiger partial charge in [-0.25, -0.2) is 9.18 Å². The smallest absolute Gasteiger partial charge is 0.416 e. The van der Waals surface area contributed by atoms with E-state index in [0.717, 1.165) is 4.90 Å². The van der Waals surface area contributed by atoms with Crippen LogP contribution in [0, 0.1) is 5.82 Å². The van der Waals surface area contributed by atoms with E-state index in [1.807, 2.05) is 0 Å². The Morgan fingerprint density at radius 2 is 2.04 bits per heavy atom. The van der Waals surface area contributed by atoms with E-state index in [0.29, 0.717) is 31.0 Å². The number of nitrogens with zero attached hydrogens (tertiary/aromatic N) is 1. The standard InChI is InChI=1S/C15H15F4NO3/c1-2-23-14(22)12-4-3-7-20(12)13(21)10-8-9(15(17,18)19)5-6-11(10)16/h5-6,8,12H,2-4,7H2,1H3. The minimum absolute atomic E-state index is 0.120. The van der Waals surface area contributed by atoms with Crippen LogP contribution in [0.15, 0.2) is 18.2 Å². The van der Waals surface area contributed by atoms with Crippen molar-refractivity contribution in [2.75, 3.05) is 13.2 Å². The van der Waals surface area contributed by atoms with Gasteiger partial charge in [-0.3, -0.25) is 4.79 Å². The average molecular weight is 333 g/mol. The maximum atomic E-state index is 13.8. The first-order chi connectivity index (χ1) is 10.8. The largest absolute Gasteiger partial charge is 0.464 e. The Morgan fingerprint density at radius 3 is 2.65 bits per heavy atom. The van der Waals surface area contributed by atoms with Crippen molar-refractivity contribution in [2.24, 2.45) is 0 Å². The van der Waals surface area contributed by atoms with Gasteiger partial charge in [0.05, 0.1) is 17.7 Å². The molecule has 1 aliphatic rings. The summed E-state index contributed by atoms with van der Waals surface area (Å²) in [6.45, 7) is 1.89. The predicted molar refractivity (Wildman–Crippen MR) is 72.1 cm³/mol. The summed E-state index contributed by atoms with van der Waals surface area (Å²) in [6, 6.07) is 0.749. The van der Waals surface area contributed by atoms with E-state index in [2.05, 4.69) is 0 Å². The molecule has 1 unspecified atom stereocenters. The van der Waals surface area contributed by atoms with Crippen molar-refractivity contribution in [2.45, 2.75) is 32.0 Å². The Balaban J connectivity index is 2.31. The monoisotopic (exact) mass is 333 g/mol. The van der Waals surface area contributed by atoms with E-state index in [1.54, 1.807) is 6.92 Å². The van der Waals surface area contributed by atoms with E-state index in [9.17, 15) is 27.2 Å². The minimum Gasteiger partial charge on any atom is -0.464 e. The fraction of sp³-hybridized carbons (Fsp3) is 0.467. The van der Waals surface area contributed by atoms with Gasteiger partial charge in [0.15, 0.2) is 0 Å². The first-order valence-electron chi connectivity index (χ1n) is 7.10. The Kier molecular flexibility index (Phi) is 4.91. The summed E-state index contributed by atoms with van der Waals surface area (Å²) in [7, 11) is 0. The number of halogens is 4. The second kappa shape index (κ2) is 6.55. The SMILES string of the molecule is CCOC(=O)C1CCCN1C(=O)c1cc(C(F)(F)F)ccc1F. The molecule has 126 valence electrons. The van der Waals surface area contributed by atoms with Gasteiger partial charge in [-0.05, 0) is 38.0 Å². The molecule has 4 nitrogen and oxygen atoms in total. The van der Waals surface area contributed by atoms with Crippen molar-refractivity contribution in [3.05, 3.63) is 35.1 Å². The maximum Gasteiger partial charge on any atom is 0.416 e. The summed E-state index contributed by atoms with van der Waals surface area (Å²) < 4.78 is 56.8. The Bertz CT molecular complexity index is 615. The molecular formula is C15H15F4NO3. The van der Waals surface area contributed by atoms with Crippen LogP contribution in [0.3, 0.4) is 0 Å². The van der Waals surface area contributed by atoms with E-state index in [4.69, 9.17) is 4.74 Å². The molecule has 2 rings (SSSR count). The molecule has 0 spiro atoms. The number of carbonyl (C=O) groups is 2. The van der Waals surface area contributed by atoms with Crippen LogP contribution < -0.4 is 0 Å². The molecule has 0 aliphatic carbocycles. The van der Waals surface area contributed by atoms with Gasteiger partial charge in [-0.2, -0.15) is 13.2 Å². The zero-order valence-corrected chi connectivity index (χ0v) is 12.3. The fourth-order valence-corrected chi connectivity index (χ4v) is 2.51. The maximum absolute atomic E-state index is 13.8. The number of benzene rings is 1. The van der Waals surface area contributed by atoms with Crippen LogP contribution >= 0.6 is 0 Å². The summed E-state index contributed by atoms with van der Waals surface area (Å²) >= 11 is 0. The lowest BCUT2D eigenvalue weighted by atomic mass is 10.1. The van der Waals surface area contributed by atoms with Gasteiger partial charge in [-0.1, -0.05) is 0 Å². The number of esters is 1. The van der Waals surface area contributed by atoms with Crippen LogP contribution in [0.4, 0.5) is 17.6 Å². The number of carbonyl (C=O) groups excluding carboxylic acids is 2. The zero-order valence-electron chi connectivity index (χ0n) is 12.3. The third kappa shape index (κ3) is 3.62. The molecule has 8 heteroatoms. The number of hydrogen-bond acceptors (Lipinski definition) is 3. The molecule has 0 bridgehead atoms. The summed E-state index contributed by atoms with van der Waals surface area (Å²) in [6.07, 6.45) is -3.85. The summed E-state index contributed by atoms with van der Waals surface area (Å²) in [4.78, 5) is 25.3. The van der Waals surface area contributed by atoms with Crippen molar-refractivity contribution in [1.29, 1.82) is 0 Å². The van der Waals surface area contributed by atoms with Crippen molar-refractivity contribution in [1.82, 2.24) is 4.90 Å². The molecule has 0 radical (unpaired) electrons. The average Bonchev–Trinajstić information content (AvgIpc) is 2.95. The number of amides is 1. The van der Waals surface area contributed by atoms with Crippen LogP contribution in [0.25, 0.3) is 0 Å². The number of rotatable bonds is 3. The Morgan fingerprint density at radius 1 is 1.35 bits per heavy atom. The van der Waals surface area contributed by atoms with Crippen molar-refractivity contribution in [3.8, 4) is 0 Å². The second-order valence-electron chi connectivity index (χ2n) is 5.10. The van der Waals surface area contributed by atoms with Gasteiger partial charge in [0, 0.05) is 6.54 Å². The van der Waals surface area contributed by atoms with E-state index >= 15 is 0 Å². The van der Waals surface area contributed by atoms with E-state index < -0.39 is 41.0 Å². The highest BCUT2D eigenvalue weighted by atomic mass is 19.4. The molecule has 1 fully saturated rings. The summed E-state index contributed by atoms with van der Waals surface area (Å²) in [5.74, 6) is -2.63. The van der Waals surface area contributed by atoms with Gasteiger partial charge in [0.1, 0.15) is 11.9 Å². The highest BCUT2D eigenvalue weighted by molar-refractivity contribution is 5.97. The van der Waals surface area contributed by atoms with Crippen LogP contribution in [0.2, 0.25) is 0 Å². The lowest BCUT2D eigenvalue weighted by Gasteiger charge is -2.23. The second-order valence-corrected chi connectivity index (χ2v) is 5.10. The third-order valence-corrected chi connectivity index (χ3v) is 3.60. The zero-order chi connectivity index (χ0) is 17.2. The van der Waals surface area contributed by atoms with Crippen molar-refractivity contribution >= 4 is 11.9 Å². The summed E-state index contributed by atoms with van der Waals surface area (Å²) in [5.41, 5.74) is -1.81. The quantitative estimate of drug-likeness (QED) is 0.631. The molecule has 0 aromatic heterocycles. The molecule has 1 heterocycles. The third-order valence-electron chi connectivity index (χ3n) is 3.60. The number of alkyl halides is 3. The molecule has 1 atom stereocenters. The van der Waals surface area contributed by atoms with Crippen LogP contribution in [0.5, 0.6) is 0 Å².